The number of ether oxygens (including phenoxy) is 2. The molecule has 3 aromatic rings. The van der Waals surface area contributed by atoms with E-state index in [-0.39, 0.29) is 6.61 Å². The minimum Gasteiger partial charge on any atom is -0.480 e. The summed E-state index contributed by atoms with van der Waals surface area (Å²) in [7, 11) is -1.16. The van der Waals surface area contributed by atoms with Crippen molar-refractivity contribution in [1.82, 2.24) is 9.78 Å². The number of anilines is 2. The van der Waals surface area contributed by atoms with Gasteiger partial charge in [0.1, 0.15) is 19.4 Å². The summed E-state index contributed by atoms with van der Waals surface area (Å²) in [5, 5.41) is 23.4. The van der Waals surface area contributed by atoms with Crippen LogP contribution in [-0.4, -0.2) is 55.3 Å². The molecule has 42 heavy (non-hydrogen) atoms. The van der Waals surface area contributed by atoms with Gasteiger partial charge in [-0.2, -0.15) is 10.4 Å². The second kappa shape index (κ2) is 15.3. The summed E-state index contributed by atoms with van der Waals surface area (Å²) in [6.07, 6.45) is 2.51. The maximum atomic E-state index is 10.7. The molecule has 0 spiro atoms. The number of aromatic nitrogens is 2. The Morgan fingerprint density at radius 3 is 2.50 bits per heavy atom. The van der Waals surface area contributed by atoms with E-state index in [1.807, 2.05) is 23.7 Å². The van der Waals surface area contributed by atoms with Gasteiger partial charge >= 0.3 is 5.97 Å². The van der Waals surface area contributed by atoms with Crippen LogP contribution in [0.3, 0.4) is 0 Å². The molecule has 0 unspecified atom stereocenters. The largest absolute Gasteiger partial charge is 0.480 e. The van der Waals surface area contributed by atoms with Gasteiger partial charge in [-0.1, -0.05) is 43.4 Å². The van der Waals surface area contributed by atoms with E-state index in [2.05, 4.69) is 62.7 Å². The molecule has 0 saturated carbocycles. The highest BCUT2D eigenvalue weighted by Gasteiger charge is 2.19. The van der Waals surface area contributed by atoms with Crippen LogP contribution < -0.4 is 4.90 Å². The smallest absolute Gasteiger partial charge is 0.329 e. The standard InChI is InChI=1S/C32H43ClN4O4Si/c1-23-10-11-26(32-24(2)35-37(25(32)3)22-41-16-17-42(4,5)6)18-30(23)36(14-8-7-9-15-40-21-31(38)39)28-13-12-27(20-34)29(33)19-28/h10-13,18-19H,7-9,14-17,21-22H2,1-6H3,(H,38,39). The second-order valence-electron chi connectivity index (χ2n) is 11.8. The number of nitrogens with zero attached hydrogens (tertiary/aromatic N) is 4. The number of hydrogen-bond donors (Lipinski definition) is 1. The molecule has 1 N–H and O–H groups in total. The molecule has 0 atom stereocenters. The maximum absolute atomic E-state index is 10.7. The highest BCUT2D eigenvalue weighted by atomic mass is 35.5. The number of aryl methyl sites for hydroxylation is 2. The number of halogens is 1. The molecule has 0 amide bonds. The van der Waals surface area contributed by atoms with E-state index >= 15 is 0 Å². The predicted molar refractivity (Wildman–Crippen MR) is 171 cm³/mol. The van der Waals surface area contributed by atoms with Crippen molar-refractivity contribution >= 4 is 37.0 Å². The number of rotatable bonds is 16. The van der Waals surface area contributed by atoms with E-state index in [0.29, 0.717) is 30.5 Å². The van der Waals surface area contributed by atoms with Crippen LogP contribution in [0.4, 0.5) is 11.4 Å². The average molecular weight is 611 g/mol. The number of carboxylic acid groups (broad SMARTS) is 1. The normalized spacial score (nSPS) is 11.5. The van der Waals surface area contributed by atoms with Gasteiger partial charge < -0.3 is 19.5 Å². The van der Waals surface area contributed by atoms with E-state index in [1.165, 1.54) is 0 Å². The molecule has 1 aromatic heterocycles. The highest BCUT2D eigenvalue weighted by Crippen LogP contribution is 2.36. The molecule has 0 fully saturated rings. The number of unbranched alkanes of at least 4 members (excludes halogenated alkanes) is 2. The number of carboxylic acids is 1. The van der Waals surface area contributed by atoms with Crippen molar-refractivity contribution in [2.24, 2.45) is 0 Å². The number of benzene rings is 2. The first-order chi connectivity index (χ1) is 19.9. The Morgan fingerprint density at radius 2 is 1.83 bits per heavy atom. The quantitative estimate of drug-likeness (QED) is 0.131. The van der Waals surface area contributed by atoms with Gasteiger partial charge in [-0.15, -0.1) is 0 Å². The van der Waals surface area contributed by atoms with Crippen molar-refractivity contribution in [3.8, 4) is 17.2 Å². The van der Waals surface area contributed by atoms with Gasteiger partial charge in [0.25, 0.3) is 0 Å². The zero-order chi connectivity index (χ0) is 30.9. The van der Waals surface area contributed by atoms with Gasteiger partial charge in [-0.05, 0) is 81.5 Å². The first kappa shape index (κ1) is 33.3. The first-order valence-corrected chi connectivity index (χ1v) is 18.5. The number of nitriles is 1. The highest BCUT2D eigenvalue weighted by molar-refractivity contribution is 6.76. The molecule has 0 radical (unpaired) electrons. The Hall–Kier alpha value is -3.16. The molecule has 1 heterocycles. The van der Waals surface area contributed by atoms with Crippen LogP contribution in [0.2, 0.25) is 30.7 Å². The second-order valence-corrected chi connectivity index (χ2v) is 17.9. The Kier molecular flexibility index (Phi) is 12.2. The van der Waals surface area contributed by atoms with Gasteiger partial charge in [0, 0.05) is 50.5 Å². The predicted octanol–water partition coefficient (Wildman–Crippen LogP) is 7.72. The van der Waals surface area contributed by atoms with Gasteiger partial charge in [-0.25, -0.2) is 9.48 Å². The average Bonchev–Trinajstić information content (AvgIpc) is 3.20. The SMILES string of the molecule is Cc1ccc(-c2c(C)nn(COCC[Si](C)(C)C)c2C)cc1N(CCCCCOCC(=O)O)c1ccc(C#N)c(Cl)c1. The van der Waals surface area contributed by atoms with Gasteiger partial charge in [-0.3, -0.25) is 0 Å². The van der Waals surface area contributed by atoms with Crippen molar-refractivity contribution in [1.29, 1.82) is 5.26 Å². The molecule has 0 saturated heterocycles. The molecular weight excluding hydrogens is 568 g/mol. The number of carbonyl (C=O) groups is 1. The van der Waals surface area contributed by atoms with Crippen LogP contribution in [0.15, 0.2) is 36.4 Å². The summed E-state index contributed by atoms with van der Waals surface area (Å²) in [5.41, 5.74) is 7.68. The van der Waals surface area contributed by atoms with Gasteiger partial charge in [0.05, 0.1) is 16.3 Å². The Morgan fingerprint density at radius 1 is 1.07 bits per heavy atom. The van der Waals surface area contributed by atoms with Gasteiger partial charge in [0.2, 0.25) is 0 Å². The molecule has 3 rings (SSSR count). The molecule has 0 bridgehead atoms. The Balaban J connectivity index is 1.87. The van der Waals surface area contributed by atoms with Crippen LogP contribution in [-0.2, 0) is 21.0 Å². The first-order valence-electron chi connectivity index (χ1n) is 14.4. The van der Waals surface area contributed by atoms with Crippen molar-refractivity contribution in [3.63, 3.8) is 0 Å². The van der Waals surface area contributed by atoms with E-state index in [9.17, 15) is 10.1 Å². The van der Waals surface area contributed by atoms with E-state index in [1.54, 1.807) is 6.07 Å². The lowest BCUT2D eigenvalue weighted by atomic mass is 10.00. The molecular formula is C32H43ClN4O4Si. The van der Waals surface area contributed by atoms with E-state index in [4.69, 9.17) is 31.3 Å². The molecule has 226 valence electrons. The van der Waals surface area contributed by atoms with E-state index < -0.39 is 14.0 Å². The lowest BCUT2D eigenvalue weighted by Gasteiger charge is -2.28. The number of hydrogen-bond acceptors (Lipinski definition) is 6. The van der Waals surface area contributed by atoms with Crippen molar-refractivity contribution < 1.29 is 19.4 Å². The van der Waals surface area contributed by atoms with Crippen molar-refractivity contribution in [2.75, 3.05) is 31.3 Å². The minimum absolute atomic E-state index is 0.276. The zero-order valence-corrected chi connectivity index (χ0v) is 27.4. The minimum atomic E-state index is -1.16. The Bertz CT molecular complexity index is 1410. The number of aliphatic carboxylic acids is 1. The summed E-state index contributed by atoms with van der Waals surface area (Å²) in [5.74, 6) is -0.959. The summed E-state index contributed by atoms with van der Waals surface area (Å²) in [6.45, 7) is 15.3. The third-order valence-corrected chi connectivity index (χ3v) is 9.18. The third-order valence-electron chi connectivity index (χ3n) is 7.16. The summed E-state index contributed by atoms with van der Waals surface area (Å²) < 4.78 is 13.1. The van der Waals surface area contributed by atoms with Crippen LogP contribution in [0.25, 0.3) is 11.1 Å². The van der Waals surface area contributed by atoms with Crippen LogP contribution in [0.5, 0.6) is 0 Å². The van der Waals surface area contributed by atoms with E-state index in [0.717, 1.165) is 71.4 Å². The molecule has 0 aliphatic heterocycles. The molecule has 8 nitrogen and oxygen atoms in total. The molecule has 10 heteroatoms. The van der Waals surface area contributed by atoms with Crippen LogP contribution in [0.1, 0.15) is 41.8 Å². The van der Waals surface area contributed by atoms with Crippen molar-refractivity contribution in [2.45, 2.75) is 72.4 Å². The van der Waals surface area contributed by atoms with Gasteiger partial charge in [0.15, 0.2) is 0 Å². The summed E-state index contributed by atoms with van der Waals surface area (Å²) >= 11 is 6.46. The fourth-order valence-electron chi connectivity index (χ4n) is 4.79. The maximum Gasteiger partial charge on any atom is 0.329 e. The third kappa shape index (κ3) is 9.43. The van der Waals surface area contributed by atoms with Crippen LogP contribution >= 0.6 is 11.6 Å². The lowest BCUT2D eigenvalue weighted by molar-refractivity contribution is -0.142. The summed E-state index contributed by atoms with van der Waals surface area (Å²) in [6, 6.07) is 15.2. The Labute approximate surface area is 255 Å². The van der Waals surface area contributed by atoms with Crippen molar-refractivity contribution in [3.05, 3.63) is 63.9 Å². The molecule has 2 aromatic carbocycles. The lowest BCUT2D eigenvalue weighted by Crippen LogP contribution is -2.22. The topological polar surface area (TPSA) is 101 Å². The fraction of sp³-hybridized carbons (Fsp3) is 0.469. The summed E-state index contributed by atoms with van der Waals surface area (Å²) in [4.78, 5) is 12.9. The molecule has 0 aliphatic carbocycles. The molecule has 0 aliphatic rings. The zero-order valence-electron chi connectivity index (χ0n) is 25.7. The van der Waals surface area contributed by atoms with Crippen LogP contribution in [0, 0.1) is 32.1 Å². The monoisotopic (exact) mass is 610 g/mol. The fourth-order valence-corrected chi connectivity index (χ4v) is 5.76.